The minimum absolute atomic E-state index is 0.0944. The molecule has 90 valence electrons. The van der Waals surface area contributed by atoms with Gasteiger partial charge in [-0.2, -0.15) is 0 Å². The number of nitrogens with zero attached hydrogens (tertiary/aromatic N) is 2. The molecule has 1 saturated heterocycles. The molecular weight excluding hydrogens is 220 g/mol. The van der Waals surface area contributed by atoms with Crippen molar-refractivity contribution in [3.63, 3.8) is 0 Å². The Balaban J connectivity index is 2.19. The molecule has 5 nitrogen and oxygen atoms in total. The molecule has 1 aliphatic rings. The van der Waals surface area contributed by atoms with Crippen molar-refractivity contribution < 1.29 is 14.7 Å². The lowest BCUT2D eigenvalue weighted by molar-refractivity contribution is 0.0690. The summed E-state index contributed by atoms with van der Waals surface area (Å²) in [6.07, 6.45) is 2.36. The molecular formula is C12H14N2O3. The summed E-state index contributed by atoms with van der Waals surface area (Å²) in [5.74, 6) is -0.714. The summed E-state index contributed by atoms with van der Waals surface area (Å²) in [6, 6.07) is 2.88. The molecule has 2 rings (SSSR count). The van der Waals surface area contributed by atoms with E-state index in [9.17, 15) is 9.59 Å². The predicted octanol–water partition coefficient (Wildman–Crippen LogP) is 1.26. The average Bonchev–Trinajstić information content (AvgIpc) is 2.75. The molecule has 1 atom stereocenters. The number of rotatable bonds is 2. The van der Waals surface area contributed by atoms with Crippen LogP contribution in [0.1, 0.15) is 34.2 Å². The van der Waals surface area contributed by atoms with Crippen molar-refractivity contribution in [3.05, 3.63) is 29.6 Å². The second-order valence-electron chi connectivity index (χ2n) is 4.38. The molecule has 17 heavy (non-hydrogen) atoms. The molecule has 1 amide bonds. The van der Waals surface area contributed by atoms with Crippen molar-refractivity contribution in [2.75, 3.05) is 13.1 Å². The van der Waals surface area contributed by atoms with Gasteiger partial charge in [0.15, 0.2) is 0 Å². The van der Waals surface area contributed by atoms with E-state index in [2.05, 4.69) is 11.9 Å². The molecule has 0 aliphatic carbocycles. The van der Waals surface area contributed by atoms with E-state index in [0.29, 0.717) is 11.5 Å². The van der Waals surface area contributed by atoms with Gasteiger partial charge in [-0.3, -0.25) is 4.79 Å². The lowest BCUT2D eigenvalue weighted by atomic mass is 10.2. The number of carbonyl (C=O) groups excluding carboxylic acids is 1. The molecule has 0 bridgehead atoms. The number of hydrogen-bond acceptors (Lipinski definition) is 3. The topological polar surface area (TPSA) is 70.5 Å². The van der Waals surface area contributed by atoms with Crippen LogP contribution < -0.4 is 0 Å². The largest absolute Gasteiger partial charge is 0.477 e. The number of likely N-dealkylation sites (tertiary alicyclic amines) is 1. The van der Waals surface area contributed by atoms with E-state index in [1.54, 1.807) is 11.0 Å². The van der Waals surface area contributed by atoms with Gasteiger partial charge in [0.25, 0.3) is 5.91 Å². The van der Waals surface area contributed by atoms with Crippen LogP contribution in [-0.2, 0) is 0 Å². The van der Waals surface area contributed by atoms with Crippen LogP contribution in [0.2, 0.25) is 0 Å². The monoisotopic (exact) mass is 234 g/mol. The Bertz CT molecular complexity index is 459. The summed E-state index contributed by atoms with van der Waals surface area (Å²) in [5.41, 5.74) is 0.301. The smallest absolute Gasteiger partial charge is 0.354 e. The zero-order valence-corrected chi connectivity index (χ0v) is 9.59. The van der Waals surface area contributed by atoms with E-state index < -0.39 is 5.97 Å². The molecule has 1 aliphatic heterocycles. The number of carboxylic acid groups (broad SMARTS) is 1. The van der Waals surface area contributed by atoms with E-state index in [0.717, 1.165) is 19.5 Å². The van der Waals surface area contributed by atoms with Gasteiger partial charge in [-0.05, 0) is 24.5 Å². The first kappa shape index (κ1) is 11.6. The van der Waals surface area contributed by atoms with Gasteiger partial charge in [-0.25, -0.2) is 9.78 Å². The maximum absolute atomic E-state index is 12.1. The Morgan fingerprint density at radius 3 is 2.88 bits per heavy atom. The van der Waals surface area contributed by atoms with Crippen molar-refractivity contribution in [1.29, 1.82) is 0 Å². The first-order chi connectivity index (χ1) is 8.08. The molecule has 0 saturated carbocycles. The Labute approximate surface area is 99.1 Å². The van der Waals surface area contributed by atoms with Crippen LogP contribution in [0, 0.1) is 5.92 Å². The predicted molar refractivity (Wildman–Crippen MR) is 60.9 cm³/mol. The summed E-state index contributed by atoms with van der Waals surface area (Å²) in [7, 11) is 0. The van der Waals surface area contributed by atoms with E-state index in [-0.39, 0.29) is 11.6 Å². The second-order valence-corrected chi connectivity index (χ2v) is 4.38. The van der Waals surface area contributed by atoms with E-state index in [1.807, 2.05) is 0 Å². The van der Waals surface area contributed by atoms with Crippen LogP contribution >= 0.6 is 0 Å². The van der Waals surface area contributed by atoms with Gasteiger partial charge >= 0.3 is 5.97 Å². The van der Waals surface area contributed by atoms with Crippen LogP contribution in [0.25, 0.3) is 0 Å². The maximum Gasteiger partial charge on any atom is 0.354 e. The number of hydrogen-bond donors (Lipinski definition) is 1. The summed E-state index contributed by atoms with van der Waals surface area (Å²) in [5, 5.41) is 8.81. The van der Waals surface area contributed by atoms with Gasteiger partial charge in [0.05, 0.1) is 0 Å². The standard InChI is InChI=1S/C12H14N2O3/c1-8-3-5-14(7-8)11(15)9-2-4-13-10(6-9)12(16)17/h2,4,6,8H,3,5,7H2,1H3,(H,16,17). The highest BCUT2D eigenvalue weighted by Gasteiger charge is 2.24. The van der Waals surface area contributed by atoms with Crippen molar-refractivity contribution >= 4 is 11.9 Å². The molecule has 1 N–H and O–H groups in total. The van der Waals surface area contributed by atoms with Crippen molar-refractivity contribution in [2.45, 2.75) is 13.3 Å². The number of carbonyl (C=O) groups is 2. The fourth-order valence-electron chi connectivity index (χ4n) is 1.98. The van der Waals surface area contributed by atoms with E-state index >= 15 is 0 Å². The highest BCUT2D eigenvalue weighted by Crippen LogP contribution is 2.17. The maximum atomic E-state index is 12.1. The molecule has 2 heterocycles. The van der Waals surface area contributed by atoms with Crippen molar-refractivity contribution in [1.82, 2.24) is 9.88 Å². The highest BCUT2D eigenvalue weighted by atomic mass is 16.4. The van der Waals surface area contributed by atoms with E-state index in [1.165, 1.54) is 12.3 Å². The Kier molecular flexibility index (Phi) is 3.08. The van der Waals surface area contributed by atoms with Crippen LogP contribution in [0.4, 0.5) is 0 Å². The minimum Gasteiger partial charge on any atom is -0.477 e. The Morgan fingerprint density at radius 1 is 1.53 bits per heavy atom. The molecule has 1 unspecified atom stereocenters. The summed E-state index contributed by atoms with van der Waals surface area (Å²) >= 11 is 0. The summed E-state index contributed by atoms with van der Waals surface area (Å²) in [4.78, 5) is 28.3. The molecule has 1 aromatic heterocycles. The fourth-order valence-corrected chi connectivity index (χ4v) is 1.98. The Morgan fingerprint density at radius 2 is 2.29 bits per heavy atom. The van der Waals surface area contributed by atoms with Gasteiger partial charge < -0.3 is 10.0 Å². The third kappa shape index (κ3) is 2.43. The third-order valence-electron chi connectivity index (χ3n) is 2.94. The summed E-state index contributed by atoms with van der Waals surface area (Å²) < 4.78 is 0. The zero-order valence-electron chi connectivity index (χ0n) is 9.59. The SMILES string of the molecule is CC1CCN(C(=O)c2ccnc(C(=O)O)c2)C1. The Hall–Kier alpha value is -1.91. The molecule has 0 aromatic carbocycles. The van der Waals surface area contributed by atoms with Crippen LogP contribution in [-0.4, -0.2) is 40.0 Å². The molecule has 1 aromatic rings. The number of carboxylic acids is 1. The van der Waals surface area contributed by atoms with Crippen LogP contribution in [0.3, 0.4) is 0 Å². The first-order valence-electron chi connectivity index (χ1n) is 5.56. The molecule has 1 fully saturated rings. The lowest BCUT2D eigenvalue weighted by Gasteiger charge is -2.15. The van der Waals surface area contributed by atoms with Gasteiger partial charge in [-0.1, -0.05) is 6.92 Å². The van der Waals surface area contributed by atoms with E-state index in [4.69, 9.17) is 5.11 Å². The fraction of sp³-hybridized carbons (Fsp3) is 0.417. The van der Waals surface area contributed by atoms with Gasteiger partial charge in [0.2, 0.25) is 0 Å². The number of aromatic carboxylic acids is 1. The average molecular weight is 234 g/mol. The van der Waals surface area contributed by atoms with Crippen LogP contribution in [0.15, 0.2) is 18.3 Å². The van der Waals surface area contributed by atoms with Gasteiger partial charge in [0.1, 0.15) is 5.69 Å². The second kappa shape index (κ2) is 4.53. The third-order valence-corrected chi connectivity index (χ3v) is 2.94. The highest BCUT2D eigenvalue weighted by molar-refractivity contribution is 5.96. The van der Waals surface area contributed by atoms with Gasteiger partial charge in [0, 0.05) is 24.8 Å². The number of amides is 1. The van der Waals surface area contributed by atoms with Crippen molar-refractivity contribution in [3.8, 4) is 0 Å². The zero-order chi connectivity index (χ0) is 12.4. The van der Waals surface area contributed by atoms with Gasteiger partial charge in [-0.15, -0.1) is 0 Å². The van der Waals surface area contributed by atoms with Crippen LogP contribution in [0.5, 0.6) is 0 Å². The first-order valence-corrected chi connectivity index (χ1v) is 5.56. The number of aromatic nitrogens is 1. The molecule has 0 spiro atoms. The normalized spacial score (nSPS) is 19.4. The quantitative estimate of drug-likeness (QED) is 0.836. The lowest BCUT2D eigenvalue weighted by Crippen LogP contribution is -2.28. The molecule has 0 radical (unpaired) electrons. The number of pyridine rings is 1. The molecule has 5 heteroatoms. The summed E-state index contributed by atoms with van der Waals surface area (Å²) in [6.45, 7) is 3.58. The van der Waals surface area contributed by atoms with Crippen molar-refractivity contribution in [2.24, 2.45) is 5.92 Å². The minimum atomic E-state index is -1.12.